The van der Waals surface area contributed by atoms with E-state index >= 15 is 0 Å². The molecule has 2 aromatic rings. The molecule has 4 nitrogen and oxygen atoms in total. The molecule has 0 spiro atoms. The van der Waals surface area contributed by atoms with Gasteiger partial charge in [-0.3, -0.25) is 4.79 Å². The minimum atomic E-state index is -0.0883. The van der Waals surface area contributed by atoms with E-state index in [1.165, 1.54) is 5.56 Å². The Morgan fingerprint density at radius 1 is 1.19 bits per heavy atom. The summed E-state index contributed by atoms with van der Waals surface area (Å²) < 4.78 is 5.32. The smallest absolute Gasteiger partial charge is 0.256 e. The molecule has 21 heavy (non-hydrogen) atoms. The van der Waals surface area contributed by atoms with Gasteiger partial charge in [-0.25, -0.2) is 4.98 Å². The number of rotatable bonds is 1. The highest BCUT2D eigenvalue weighted by atomic mass is 16.5. The minimum absolute atomic E-state index is 0.0883. The third-order valence-electron chi connectivity index (χ3n) is 3.86. The van der Waals surface area contributed by atoms with Gasteiger partial charge in [0.15, 0.2) is 0 Å². The van der Waals surface area contributed by atoms with E-state index in [4.69, 9.17) is 4.74 Å². The number of fused-ring (bicyclic) bond motifs is 1. The van der Waals surface area contributed by atoms with Crippen LogP contribution < -0.4 is 5.56 Å². The van der Waals surface area contributed by atoms with Gasteiger partial charge in [-0.1, -0.05) is 45.0 Å². The molecule has 0 atom stereocenters. The van der Waals surface area contributed by atoms with Crippen LogP contribution in [0.25, 0.3) is 11.4 Å². The SMILES string of the molecule is CC(C)(C)c1ccc(-c2nc3c(c(=O)[nH]2)COCC3)cc1. The number of nitrogens with one attached hydrogen (secondary N) is 1. The Morgan fingerprint density at radius 2 is 1.90 bits per heavy atom. The molecule has 1 N–H and O–H groups in total. The van der Waals surface area contributed by atoms with E-state index in [0.717, 1.165) is 11.3 Å². The zero-order valence-electron chi connectivity index (χ0n) is 12.7. The lowest BCUT2D eigenvalue weighted by Crippen LogP contribution is -2.24. The molecule has 1 aliphatic rings. The van der Waals surface area contributed by atoms with E-state index in [2.05, 4.69) is 42.9 Å². The fourth-order valence-corrected chi connectivity index (χ4v) is 2.51. The van der Waals surface area contributed by atoms with Gasteiger partial charge in [-0.05, 0) is 11.0 Å². The van der Waals surface area contributed by atoms with Crippen molar-refractivity contribution in [2.24, 2.45) is 0 Å². The standard InChI is InChI=1S/C17H20N2O2/c1-17(2,3)12-6-4-11(5-7-12)15-18-14-8-9-21-10-13(14)16(20)19-15/h4-7H,8-10H2,1-3H3,(H,18,19,20). The van der Waals surface area contributed by atoms with E-state index in [1.807, 2.05) is 12.1 Å². The molecule has 0 aliphatic carbocycles. The third kappa shape index (κ3) is 2.76. The van der Waals surface area contributed by atoms with Crippen LogP contribution in [0, 0.1) is 0 Å². The minimum Gasteiger partial charge on any atom is -0.376 e. The summed E-state index contributed by atoms with van der Waals surface area (Å²) in [5, 5.41) is 0. The molecule has 3 rings (SSSR count). The van der Waals surface area contributed by atoms with Crippen molar-refractivity contribution in [3.8, 4) is 11.4 Å². The van der Waals surface area contributed by atoms with Crippen LogP contribution in [0.15, 0.2) is 29.1 Å². The number of hydrogen-bond acceptors (Lipinski definition) is 3. The molecular weight excluding hydrogens is 264 g/mol. The van der Waals surface area contributed by atoms with Crippen LogP contribution in [-0.4, -0.2) is 16.6 Å². The summed E-state index contributed by atoms with van der Waals surface area (Å²) in [4.78, 5) is 19.6. The quantitative estimate of drug-likeness (QED) is 0.876. The van der Waals surface area contributed by atoms with Crippen LogP contribution in [0.2, 0.25) is 0 Å². The normalized spacial score (nSPS) is 14.8. The second-order valence-electron chi connectivity index (χ2n) is 6.47. The second-order valence-corrected chi connectivity index (χ2v) is 6.47. The number of hydrogen-bond donors (Lipinski definition) is 1. The maximum Gasteiger partial charge on any atom is 0.256 e. The summed E-state index contributed by atoms with van der Waals surface area (Å²) in [6.07, 6.45) is 0.701. The lowest BCUT2D eigenvalue weighted by molar-refractivity contribution is 0.108. The highest BCUT2D eigenvalue weighted by Gasteiger charge is 2.17. The summed E-state index contributed by atoms with van der Waals surface area (Å²) in [5.74, 6) is 0.640. The van der Waals surface area contributed by atoms with Gasteiger partial charge < -0.3 is 9.72 Å². The molecule has 4 heteroatoms. The molecule has 110 valence electrons. The Balaban J connectivity index is 2.01. The largest absolute Gasteiger partial charge is 0.376 e. The van der Waals surface area contributed by atoms with Crippen LogP contribution in [0.5, 0.6) is 0 Å². The van der Waals surface area contributed by atoms with Crippen LogP contribution in [0.4, 0.5) is 0 Å². The molecule has 0 amide bonds. The predicted octanol–water partition coefficient (Wildman–Crippen LogP) is 2.81. The van der Waals surface area contributed by atoms with Crippen LogP contribution >= 0.6 is 0 Å². The molecule has 1 aromatic carbocycles. The van der Waals surface area contributed by atoms with Crippen LogP contribution in [0.1, 0.15) is 37.6 Å². The van der Waals surface area contributed by atoms with Gasteiger partial charge >= 0.3 is 0 Å². The fourth-order valence-electron chi connectivity index (χ4n) is 2.51. The molecule has 0 saturated carbocycles. The zero-order chi connectivity index (χ0) is 15.0. The predicted molar refractivity (Wildman–Crippen MR) is 82.4 cm³/mol. The average molecular weight is 284 g/mol. The second kappa shape index (κ2) is 5.11. The third-order valence-corrected chi connectivity index (χ3v) is 3.86. The molecular formula is C17H20N2O2. The van der Waals surface area contributed by atoms with Gasteiger partial charge in [0.2, 0.25) is 0 Å². The number of nitrogens with zero attached hydrogens (tertiary/aromatic N) is 1. The molecule has 2 heterocycles. The summed E-state index contributed by atoms with van der Waals surface area (Å²) in [6, 6.07) is 8.23. The zero-order valence-corrected chi connectivity index (χ0v) is 12.7. The van der Waals surface area contributed by atoms with Crippen molar-refractivity contribution < 1.29 is 4.74 Å². The van der Waals surface area contributed by atoms with Crippen molar-refractivity contribution in [2.75, 3.05) is 6.61 Å². The van der Waals surface area contributed by atoms with Crippen molar-refractivity contribution in [2.45, 2.75) is 39.2 Å². The van der Waals surface area contributed by atoms with Crippen molar-refractivity contribution in [1.29, 1.82) is 0 Å². The first-order valence-corrected chi connectivity index (χ1v) is 7.26. The van der Waals surface area contributed by atoms with E-state index < -0.39 is 0 Å². The van der Waals surface area contributed by atoms with Crippen LogP contribution in [-0.2, 0) is 23.2 Å². The van der Waals surface area contributed by atoms with Crippen molar-refractivity contribution in [1.82, 2.24) is 9.97 Å². The first-order chi connectivity index (χ1) is 9.95. The number of aromatic amines is 1. The lowest BCUT2D eigenvalue weighted by atomic mass is 9.86. The first-order valence-electron chi connectivity index (χ1n) is 7.26. The monoisotopic (exact) mass is 284 g/mol. The van der Waals surface area contributed by atoms with Gasteiger partial charge in [-0.15, -0.1) is 0 Å². The fraction of sp³-hybridized carbons (Fsp3) is 0.412. The molecule has 0 radical (unpaired) electrons. The summed E-state index contributed by atoms with van der Waals surface area (Å²) in [6.45, 7) is 7.54. The van der Waals surface area contributed by atoms with Gasteiger partial charge in [0.25, 0.3) is 5.56 Å². The van der Waals surface area contributed by atoms with E-state index in [0.29, 0.717) is 31.0 Å². The highest BCUT2D eigenvalue weighted by Crippen LogP contribution is 2.25. The highest BCUT2D eigenvalue weighted by molar-refractivity contribution is 5.56. The van der Waals surface area contributed by atoms with E-state index in [1.54, 1.807) is 0 Å². The topological polar surface area (TPSA) is 55.0 Å². The van der Waals surface area contributed by atoms with E-state index in [-0.39, 0.29) is 11.0 Å². The summed E-state index contributed by atoms with van der Waals surface area (Å²) >= 11 is 0. The maximum atomic E-state index is 12.1. The van der Waals surface area contributed by atoms with Gasteiger partial charge in [0.05, 0.1) is 24.5 Å². The molecule has 0 fully saturated rings. The Bertz CT molecular complexity index is 709. The number of aromatic nitrogens is 2. The summed E-state index contributed by atoms with van der Waals surface area (Å²) in [5.41, 5.74) is 3.76. The Kier molecular flexibility index (Phi) is 3.41. The first kappa shape index (κ1) is 14.0. The lowest BCUT2D eigenvalue weighted by Gasteiger charge is -2.19. The van der Waals surface area contributed by atoms with Crippen molar-refractivity contribution in [3.05, 3.63) is 51.4 Å². The number of ether oxygens (including phenoxy) is 1. The Morgan fingerprint density at radius 3 is 2.57 bits per heavy atom. The van der Waals surface area contributed by atoms with Gasteiger partial charge in [0.1, 0.15) is 5.82 Å². The van der Waals surface area contributed by atoms with E-state index in [9.17, 15) is 4.79 Å². The van der Waals surface area contributed by atoms with Gasteiger partial charge in [0, 0.05) is 12.0 Å². The Hall–Kier alpha value is -1.94. The maximum absolute atomic E-state index is 12.1. The molecule has 0 saturated heterocycles. The van der Waals surface area contributed by atoms with Crippen molar-refractivity contribution in [3.63, 3.8) is 0 Å². The molecule has 0 bridgehead atoms. The molecule has 1 aromatic heterocycles. The Labute approximate surface area is 124 Å². The number of H-pyrrole nitrogens is 1. The average Bonchev–Trinajstić information content (AvgIpc) is 2.46. The van der Waals surface area contributed by atoms with Gasteiger partial charge in [-0.2, -0.15) is 0 Å². The molecule has 1 aliphatic heterocycles. The van der Waals surface area contributed by atoms with Crippen molar-refractivity contribution >= 4 is 0 Å². The van der Waals surface area contributed by atoms with Crippen LogP contribution in [0.3, 0.4) is 0 Å². The molecule has 0 unspecified atom stereocenters. The number of benzene rings is 1. The summed E-state index contributed by atoms with van der Waals surface area (Å²) in [7, 11) is 0.